The number of nitrogens with one attached hydrogen (secondary N) is 2. The molecule has 2 aliphatic rings. The minimum Gasteiger partial charge on any atom is -0.382 e. The third kappa shape index (κ3) is 5.76. The number of amides is 1. The second-order valence-electron chi connectivity index (χ2n) is 8.13. The van der Waals surface area contributed by atoms with E-state index in [1.807, 2.05) is 17.0 Å². The minimum absolute atomic E-state index is 0. The number of anilines is 1. The lowest BCUT2D eigenvalue weighted by Gasteiger charge is -2.32. The van der Waals surface area contributed by atoms with Gasteiger partial charge in [-0.3, -0.25) is 9.69 Å². The number of likely N-dealkylation sites (tertiary alicyclic amines) is 1. The molecule has 0 radical (unpaired) electrons. The predicted molar refractivity (Wildman–Crippen MR) is 122 cm³/mol. The van der Waals surface area contributed by atoms with E-state index in [0.717, 1.165) is 62.5 Å². The van der Waals surface area contributed by atoms with Crippen LogP contribution in [0.3, 0.4) is 0 Å². The summed E-state index contributed by atoms with van der Waals surface area (Å²) in [6, 6.07) is 6.95. The largest absolute Gasteiger partial charge is 0.382 e. The van der Waals surface area contributed by atoms with Crippen molar-refractivity contribution in [1.29, 1.82) is 0 Å². The van der Waals surface area contributed by atoms with E-state index < -0.39 is 0 Å². The van der Waals surface area contributed by atoms with E-state index in [-0.39, 0.29) is 30.7 Å². The van der Waals surface area contributed by atoms with Crippen LogP contribution in [0.15, 0.2) is 18.2 Å². The molecule has 0 saturated carbocycles. The average Bonchev–Trinajstić information content (AvgIpc) is 3.13. The van der Waals surface area contributed by atoms with Gasteiger partial charge in [0.1, 0.15) is 0 Å². The maximum atomic E-state index is 13.1. The maximum Gasteiger partial charge on any atom is 0.254 e. The van der Waals surface area contributed by atoms with Gasteiger partial charge in [0.15, 0.2) is 0 Å². The van der Waals surface area contributed by atoms with E-state index in [4.69, 9.17) is 0 Å². The zero-order chi connectivity index (χ0) is 18.7. The number of halogens is 2. The Labute approximate surface area is 182 Å². The fourth-order valence-electron chi connectivity index (χ4n) is 3.88. The van der Waals surface area contributed by atoms with Gasteiger partial charge in [0.05, 0.1) is 0 Å². The lowest BCUT2D eigenvalue weighted by atomic mass is 10.0. The first-order valence-corrected chi connectivity index (χ1v) is 10.1. The summed E-state index contributed by atoms with van der Waals surface area (Å²) >= 11 is 0. The highest BCUT2D eigenvalue weighted by Gasteiger charge is 2.32. The molecule has 1 aromatic rings. The van der Waals surface area contributed by atoms with Gasteiger partial charge in [0, 0.05) is 62.6 Å². The van der Waals surface area contributed by atoms with Gasteiger partial charge >= 0.3 is 0 Å². The van der Waals surface area contributed by atoms with Gasteiger partial charge in [0.2, 0.25) is 0 Å². The Balaban J connectivity index is 0.00000196. The molecule has 2 unspecified atom stereocenters. The normalized spacial score (nSPS) is 21.0. The first-order valence-electron chi connectivity index (χ1n) is 10.1. The van der Waals surface area contributed by atoms with Crippen LogP contribution in [-0.2, 0) is 0 Å². The zero-order valence-electron chi connectivity index (χ0n) is 17.5. The lowest BCUT2D eigenvalue weighted by molar-refractivity contribution is 0.0773. The Kier molecular flexibility index (Phi) is 10.1. The summed E-state index contributed by atoms with van der Waals surface area (Å²) in [4.78, 5) is 17.7. The second-order valence-corrected chi connectivity index (χ2v) is 8.13. The summed E-state index contributed by atoms with van der Waals surface area (Å²) in [6.45, 7) is 14.7. The number of hydrogen-bond acceptors (Lipinski definition) is 4. The van der Waals surface area contributed by atoms with Crippen LogP contribution < -0.4 is 10.6 Å². The van der Waals surface area contributed by atoms with Crippen LogP contribution in [-0.4, -0.2) is 67.1 Å². The molecular formula is C21H36Cl2N4O. The van der Waals surface area contributed by atoms with E-state index in [9.17, 15) is 4.79 Å². The lowest BCUT2D eigenvalue weighted by Crippen LogP contribution is -2.49. The number of rotatable bonds is 5. The van der Waals surface area contributed by atoms with Gasteiger partial charge in [-0.2, -0.15) is 0 Å². The fraction of sp³-hybridized carbons (Fsp3) is 0.667. The summed E-state index contributed by atoms with van der Waals surface area (Å²) in [7, 11) is 0. The predicted octanol–water partition coefficient (Wildman–Crippen LogP) is 3.41. The Morgan fingerprint density at radius 1 is 1.14 bits per heavy atom. The van der Waals surface area contributed by atoms with Gasteiger partial charge in [0.25, 0.3) is 5.91 Å². The third-order valence-electron chi connectivity index (χ3n) is 6.07. The van der Waals surface area contributed by atoms with Crippen molar-refractivity contribution in [2.75, 3.05) is 44.6 Å². The molecule has 3 rings (SSSR count). The molecule has 28 heavy (non-hydrogen) atoms. The second kappa shape index (κ2) is 11.2. The first kappa shape index (κ1) is 25.0. The van der Waals surface area contributed by atoms with Gasteiger partial charge in [-0.05, 0) is 43.9 Å². The smallest absolute Gasteiger partial charge is 0.254 e. The van der Waals surface area contributed by atoms with Crippen LogP contribution in [0.4, 0.5) is 5.69 Å². The van der Waals surface area contributed by atoms with Gasteiger partial charge in [-0.25, -0.2) is 0 Å². The van der Waals surface area contributed by atoms with Gasteiger partial charge in [-0.15, -0.1) is 24.8 Å². The van der Waals surface area contributed by atoms with Crippen molar-refractivity contribution in [3.8, 4) is 0 Å². The van der Waals surface area contributed by atoms with Crippen molar-refractivity contribution in [2.45, 2.75) is 46.2 Å². The molecule has 5 nitrogen and oxygen atoms in total. The number of hydrogen-bond donors (Lipinski definition) is 2. The summed E-state index contributed by atoms with van der Waals surface area (Å²) in [6.07, 6.45) is 1.09. The molecule has 2 saturated heterocycles. The highest BCUT2D eigenvalue weighted by molar-refractivity contribution is 5.97. The Morgan fingerprint density at radius 2 is 1.82 bits per heavy atom. The topological polar surface area (TPSA) is 47.6 Å². The molecule has 0 aliphatic carbocycles. The summed E-state index contributed by atoms with van der Waals surface area (Å²) < 4.78 is 0. The quantitative estimate of drug-likeness (QED) is 0.750. The molecule has 160 valence electrons. The van der Waals surface area contributed by atoms with Crippen molar-refractivity contribution in [2.24, 2.45) is 5.92 Å². The first-order chi connectivity index (χ1) is 12.5. The van der Waals surface area contributed by atoms with E-state index in [2.05, 4.69) is 49.3 Å². The molecule has 0 bridgehead atoms. The van der Waals surface area contributed by atoms with Crippen LogP contribution in [0.2, 0.25) is 0 Å². The molecule has 2 fully saturated rings. The molecular weight excluding hydrogens is 395 g/mol. The van der Waals surface area contributed by atoms with E-state index in [1.165, 1.54) is 0 Å². The maximum absolute atomic E-state index is 13.1. The Bertz CT molecular complexity index is 635. The van der Waals surface area contributed by atoms with Gasteiger partial charge < -0.3 is 15.5 Å². The number of piperazine rings is 1. The van der Waals surface area contributed by atoms with Crippen LogP contribution in [0.5, 0.6) is 0 Å². The summed E-state index contributed by atoms with van der Waals surface area (Å²) in [5.74, 6) is 0.730. The van der Waals surface area contributed by atoms with Crippen LogP contribution >= 0.6 is 24.8 Å². The zero-order valence-corrected chi connectivity index (χ0v) is 19.2. The number of nitrogens with zero attached hydrogens (tertiary/aromatic N) is 2. The summed E-state index contributed by atoms with van der Waals surface area (Å²) in [5, 5.41) is 6.98. The molecule has 0 aromatic heterocycles. The van der Waals surface area contributed by atoms with Crippen molar-refractivity contribution >= 4 is 36.4 Å². The standard InChI is InChI=1S/C21H34N4O.2ClH/c1-15(2)17(4)23-20-7-5-6-19(16(20)3)21(26)25-11-8-18(14-25)24-12-9-22-10-13-24;;/h5-7,15,17-18,22-23H,8-14H2,1-4H3;2*1H. The highest BCUT2D eigenvalue weighted by Crippen LogP contribution is 2.25. The highest BCUT2D eigenvalue weighted by atomic mass is 35.5. The molecule has 1 aromatic carbocycles. The molecule has 0 spiro atoms. The summed E-state index contributed by atoms with van der Waals surface area (Å²) in [5.41, 5.74) is 2.98. The van der Waals surface area contributed by atoms with Crippen LogP contribution in [0.1, 0.15) is 43.1 Å². The molecule has 2 N–H and O–H groups in total. The fourth-order valence-corrected chi connectivity index (χ4v) is 3.88. The molecule has 1 amide bonds. The SMILES string of the molecule is Cc1c(NC(C)C(C)C)cccc1C(=O)N1CCC(N2CCNCC2)C1.Cl.Cl. The van der Waals surface area contributed by atoms with Crippen molar-refractivity contribution in [3.05, 3.63) is 29.3 Å². The molecule has 2 aliphatic heterocycles. The minimum atomic E-state index is 0. The number of carbonyl (C=O) groups excluding carboxylic acids is 1. The van der Waals surface area contributed by atoms with Crippen LogP contribution in [0.25, 0.3) is 0 Å². The molecule has 2 atom stereocenters. The number of carbonyl (C=O) groups is 1. The monoisotopic (exact) mass is 430 g/mol. The van der Waals surface area contributed by atoms with Crippen LogP contribution in [0, 0.1) is 12.8 Å². The Morgan fingerprint density at radius 3 is 2.46 bits per heavy atom. The van der Waals surface area contributed by atoms with Crippen molar-refractivity contribution < 1.29 is 4.79 Å². The third-order valence-corrected chi connectivity index (χ3v) is 6.07. The average molecular weight is 431 g/mol. The van der Waals surface area contributed by atoms with Gasteiger partial charge in [-0.1, -0.05) is 19.9 Å². The van der Waals surface area contributed by atoms with E-state index >= 15 is 0 Å². The Hall–Kier alpha value is -1.01. The van der Waals surface area contributed by atoms with E-state index in [0.29, 0.717) is 18.0 Å². The number of benzene rings is 1. The van der Waals surface area contributed by atoms with Crippen molar-refractivity contribution in [1.82, 2.24) is 15.1 Å². The van der Waals surface area contributed by atoms with E-state index in [1.54, 1.807) is 0 Å². The molecule has 2 heterocycles. The molecule has 7 heteroatoms. The van der Waals surface area contributed by atoms with Crippen molar-refractivity contribution in [3.63, 3.8) is 0 Å².